The van der Waals surface area contributed by atoms with Crippen LogP contribution < -0.4 is 5.32 Å². The summed E-state index contributed by atoms with van der Waals surface area (Å²) >= 11 is 2.05. The molecule has 2 aliphatic rings. The van der Waals surface area contributed by atoms with Gasteiger partial charge in [-0.25, -0.2) is 0 Å². The monoisotopic (exact) mass is 173 g/mol. The van der Waals surface area contributed by atoms with Gasteiger partial charge < -0.3 is 10.1 Å². The van der Waals surface area contributed by atoms with Crippen molar-refractivity contribution in [1.82, 2.24) is 5.32 Å². The quantitative estimate of drug-likeness (QED) is 0.641. The molecule has 2 fully saturated rings. The van der Waals surface area contributed by atoms with E-state index in [0.29, 0.717) is 4.87 Å². The molecule has 2 aliphatic heterocycles. The van der Waals surface area contributed by atoms with Gasteiger partial charge in [0.1, 0.15) is 0 Å². The molecule has 2 unspecified atom stereocenters. The first-order valence-electron chi connectivity index (χ1n) is 4.28. The average molecular weight is 173 g/mol. The average Bonchev–Trinajstić information content (AvgIpc) is 2.55. The van der Waals surface area contributed by atoms with Crippen LogP contribution in [-0.2, 0) is 4.74 Å². The van der Waals surface area contributed by atoms with Crippen LogP contribution in [-0.4, -0.2) is 30.4 Å². The first-order chi connectivity index (χ1) is 5.31. The van der Waals surface area contributed by atoms with Gasteiger partial charge in [-0.3, -0.25) is 0 Å². The zero-order chi connectivity index (χ0) is 7.73. The van der Waals surface area contributed by atoms with Crippen LogP contribution in [0.15, 0.2) is 0 Å². The number of ether oxygens (including phenoxy) is 1. The van der Waals surface area contributed by atoms with Crippen molar-refractivity contribution in [1.29, 1.82) is 0 Å². The molecule has 11 heavy (non-hydrogen) atoms. The molecule has 0 bridgehead atoms. The highest BCUT2D eigenvalue weighted by atomic mass is 32.2. The van der Waals surface area contributed by atoms with Gasteiger partial charge in [-0.05, 0) is 13.3 Å². The molecule has 2 saturated heterocycles. The third kappa shape index (κ3) is 1.42. The van der Waals surface area contributed by atoms with Crippen molar-refractivity contribution >= 4 is 11.8 Å². The summed E-state index contributed by atoms with van der Waals surface area (Å²) < 4.78 is 5.38. The molecule has 0 aromatic rings. The lowest BCUT2D eigenvalue weighted by molar-refractivity contribution is 0.176. The minimum atomic E-state index is 0.316. The standard InChI is InChI=1S/C8H15NOS/c1-8(9-3-5-11-8)7-2-4-10-6-7/h7,9H,2-6H2,1H3. The molecule has 0 amide bonds. The van der Waals surface area contributed by atoms with Crippen molar-refractivity contribution in [2.75, 3.05) is 25.5 Å². The van der Waals surface area contributed by atoms with Crippen molar-refractivity contribution in [3.8, 4) is 0 Å². The third-order valence-corrected chi connectivity index (χ3v) is 4.17. The minimum Gasteiger partial charge on any atom is -0.381 e. The van der Waals surface area contributed by atoms with Gasteiger partial charge in [-0.2, -0.15) is 0 Å². The van der Waals surface area contributed by atoms with E-state index in [4.69, 9.17) is 4.74 Å². The molecule has 0 saturated carbocycles. The number of hydrogen-bond acceptors (Lipinski definition) is 3. The summed E-state index contributed by atoms with van der Waals surface area (Å²) in [5.74, 6) is 1.99. The Hall–Kier alpha value is 0.270. The van der Waals surface area contributed by atoms with Crippen LogP contribution in [0.2, 0.25) is 0 Å². The van der Waals surface area contributed by atoms with Gasteiger partial charge in [0.05, 0.1) is 11.5 Å². The van der Waals surface area contributed by atoms with E-state index in [2.05, 4.69) is 24.0 Å². The van der Waals surface area contributed by atoms with Gasteiger partial charge in [-0.1, -0.05) is 0 Å². The summed E-state index contributed by atoms with van der Waals surface area (Å²) in [4.78, 5) is 0.316. The van der Waals surface area contributed by atoms with E-state index in [1.54, 1.807) is 0 Å². The highest BCUT2D eigenvalue weighted by Gasteiger charge is 2.39. The van der Waals surface area contributed by atoms with Gasteiger partial charge in [0.15, 0.2) is 0 Å². The summed E-state index contributed by atoms with van der Waals surface area (Å²) in [5.41, 5.74) is 0. The number of nitrogens with one attached hydrogen (secondary N) is 1. The van der Waals surface area contributed by atoms with Gasteiger partial charge >= 0.3 is 0 Å². The topological polar surface area (TPSA) is 21.3 Å². The predicted octanol–water partition coefficient (Wildman–Crippen LogP) is 1.08. The predicted molar refractivity (Wildman–Crippen MR) is 47.8 cm³/mol. The maximum atomic E-state index is 5.38. The van der Waals surface area contributed by atoms with E-state index < -0.39 is 0 Å². The molecule has 64 valence electrons. The molecule has 0 aromatic carbocycles. The zero-order valence-electron chi connectivity index (χ0n) is 6.93. The summed E-state index contributed by atoms with van der Waals surface area (Å²) in [5, 5.41) is 3.56. The van der Waals surface area contributed by atoms with Crippen molar-refractivity contribution < 1.29 is 4.74 Å². The van der Waals surface area contributed by atoms with E-state index in [9.17, 15) is 0 Å². The second-order valence-corrected chi connectivity index (χ2v) is 4.99. The SMILES string of the molecule is CC1(C2CCOC2)NCCS1. The molecule has 0 aromatic heterocycles. The van der Waals surface area contributed by atoms with Gasteiger partial charge in [0, 0.05) is 24.8 Å². The largest absolute Gasteiger partial charge is 0.381 e. The number of thioether (sulfide) groups is 1. The fourth-order valence-electron chi connectivity index (χ4n) is 1.84. The summed E-state index contributed by atoms with van der Waals surface area (Å²) in [6, 6.07) is 0. The summed E-state index contributed by atoms with van der Waals surface area (Å²) in [6.45, 7) is 5.39. The normalized spacial score (nSPS) is 45.0. The molecule has 0 radical (unpaired) electrons. The third-order valence-electron chi connectivity index (χ3n) is 2.69. The Labute approximate surface area is 72.1 Å². The van der Waals surface area contributed by atoms with E-state index in [1.165, 1.54) is 12.2 Å². The Kier molecular flexibility index (Phi) is 2.12. The molecule has 1 N–H and O–H groups in total. The zero-order valence-corrected chi connectivity index (χ0v) is 7.75. The molecule has 2 heterocycles. The number of rotatable bonds is 1. The minimum absolute atomic E-state index is 0.316. The molecule has 2 nitrogen and oxygen atoms in total. The van der Waals surface area contributed by atoms with Crippen molar-refractivity contribution in [3.05, 3.63) is 0 Å². The lowest BCUT2D eigenvalue weighted by Crippen LogP contribution is -2.41. The van der Waals surface area contributed by atoms with Crippen LogP contribution in [0.25, 0.3) is 0 Å². The molecule has 2 atom stereocenters. The Balaban J connectivity index is 2.00. The van der Waals surface area contributed by atoms with Crippen LogP contribution in [0.5, 0.6) is 0 Å². The Morgan fingerprint density at radius 2 is 2.55 bits per heavy atom. The summed E-state index contributed by atoms with van der Waals surface area (Å²) in [6.07, 6.45) is 1.23. The van der Waals surface area contributed by atoms with Crippen molar-refractivity contribution in [2.24, 2.45) is 5.92 Å². The lowest BCUT2D eigenvalue weighted by Gasteiger charge is -2.29. The van der Waals surface area contributed by atoms with Crippen molar-refractivity contribution in [3.63, 3.8) is 0 Å². The second-order valence-electron chi connectivity index (χ2n) is 3.44. The van der Waals surface area contributed by atoms with Crippen LogP contribution >= 0.6 is 11.8 Å². The maximum Gasteiger partial charge on any atom is 0.0668 e. The van der Waals surface area contributed by atoms with Crippen LogP contribution in [0.1, 0.15) is 13.3 Å². The Morgan fingerprint density at radius 1 is 1.64 bits per heavy atom. The van der Waals surface area contributed by atoms with E-state index >= 15 is 0 Å². The highest BCUT2D eigenvalue weighted by Crippen LogP contribution is 2.37. The fraction of sp³-hybridized carbons (Fsp3) is 1.00. The second kappa shape index (κ2) is 2.96. The van der Waals surface area contributed by atoms with Gasteiger partial charge in [0.25, 0.3) is 0 Å². The smallest absolute Gasteiger partial charge is 0.0668 e. The Morgan fingerprint density at radius 3 is 3.09 bits per heavy atom. The molecule has 2 rings (SSSR count). The number of hydrogen-bond donors (Lipinski definition) is 1. The molecular weight excluding hydrogens is 158 g/mol. The molecule has 0 spiro atoms. The van der Waals surface area contributed by atoms with Crippen LogP contribution in [0, 0.1) is 5.92 Å². The molecule has 0 aliphatic carbocycles. The molecule has 3 heteroatoms. The van der Waals surface area contributed by atoms with E-state index in [0.717, 1.165) is 25.7 Å². The van der Waals surface area contributed by atoms with E-state index in [1.807, 2.05) is 0 Å². The first kappa shape index (κ1) is 7.90. The Bertz CT molecular complexity index is 139. The van der Waals surface area contributed by atoms with Crippen molar-refractivity contribution in [2.45, 2.75) is 18.2 Å². The van der Waals surface area contributed by atoms with Gasteiger partial charge in [-0.15, -0.1) is 11.8 Å². The first-order valence-corrected chi connectivity index (χ1v) is 5.26. The molecular formula is C8H15NOS. The highest BCUT2D eigenvalue weighted by molar-refractivity contribution is 8.00. The van der Waals surface area contributed by atoms with Gasteiger partial charge in [0.2, 0.25) is 0 Å². The van der Waals surface area contributed by atoms with E-state index in [-0.39, 0.29) is 0 Å². The van der Waals surface area contributed by atoms with Crippen LogP contribution in [0.3, 0.4) is 0 Å². The fourth-order valence-corrected chi connectivity index (χ4v) is 3.10. The maximum absolute atomic E-state index is 5.38. The van der Waals surface area contributed by atoms with Crippen LogP contribution in [0.4, 0.5) is 0 Å². The summed E-state index contributed by atoms with van der Waals surface area (Å²) in [7, 11) is 0. The lowest BCUT2D eigenvalue weighted by atomic mass is 10.0.